The Morgan fingerprint density at radius 3 is 2.93 bits per heavy atom. The van der Waals surface area contributed by atoms with E-state index in [1.807, 2.05) is 12.1 Å². The minimum Gasteiger partial charge on any atom is -0.468 e. The average molecular weight is 208 g/mol. The molecule has 0 bridgehead atoms. The lowest BCUT2D eigenvalue weighted by Gasteiger charge is -2.26. The van der Waals surface area contributed by atoms with Gasteiger partial charge in [-0.1, -0.05) is 0 Å². The van der Waals surface area contributed by atoms with Crippen LogP contribution in [0.1, 0.15) is 18.6 Å². The van der Waals surface area contributed by atoms with Gasteiger partial charge in [-0.25, -0.2) is 0 Å². The summed E-state index contributed by atoms with van der Waals surface area (Å²) in [5.74, 6) is 1.91. The van der Waals surface area contributed by atoms with Gasteiger partial charge in [0.05, 0.1) is 12.8 Å². The smallest absolute Gasteiger partial charge is 0.117 e. The molecule has 3 heteroatoms. The summed E-state index contributed by atoms with van der Waals surface area (Å²) in [6, 6.07) is 3.99. The van der Waals surface area contributed by atoms with Gasteiger partial charge in [-0.2, -0.15) is 0 Å². The standard InChI is InChI=1S/C12H20N2O/c1-14(10-12-3-2-8-15-12)9-11-4-6-13-7-5-11/h2-3,8,11,13H,4-7,9-10H2,1H3. The van der Waals surface area contributed by atoms with Crippen LogP contribution in [-0.2, 0) is 6.54 Å². The third-order valence-corrected chi connectivity index (χ3v) is 3.03. The Hall–Kier alpha value is -0.800. The van der Waals surface area contributed by atoms with Crippen molar-refractivity contribution in [2.75, 3.05) is 26.7 Å². The van der Waals surface area contributed by atoms with E-state index in [0.29, 0.717) is 0 Å². The van der Waals surface area contributed by atoms with Crippen LogP contribution < -0.4 is 5.32 Å². The minimum absolute atomic E-state index is 0.853. The Labute approximate surface area is 91.4 Å². The van der Waals surface area contributed by atoms with E-state index in [-0.39, 0.29) is 0 Å². The van der Waals surface area contributed by atoms with Crippen molar-refractivity contribution < 1.29 is 4.42 Å². The molecule has 0 amide bonds. The van der Waals surface area contributed by atoms with Crippen LogP contribution >= 0.6 is 0 Å². The molecule has 1 fully saturated rings. The van der Waals surface area contributed by atoms with Crippen LogP contribution in [0.15, 0.2) is 22.8 Å². The first-order chi connectivity index (χ1) is 7.34. The first-order valence-corrected chi connectivity index (χ1v) is 5.76. The van der Waals surface area contributed by atoms with E-state index in [1.54, 1.807) is 6.26 Å². The van der Waals surface area contributed by atoms with E-state index in [1.165, 1.54) is 32.5 Å². The van der Waals surface area contributed by atoms with Crippen molar-refractivity contribution in [3.8, 4) is 0 Å². The predicted octanol–water partition coefficient (Wildman–Crippen LogP) is 1.71. The molecule has 0 saturated carbocycles. The lowest BCUT2D eigenvalue weighted by atomic mass is 9.98. The molecule has 1 aliphatic heterocycles. The summed E-state index contributed by atoms with van der Waals surface area (Å²) in [7, 11) is 2.17. The van der Waals surface area contributed by atoms with Crippen molar-refractivity contribution in [1.82, 2.24) is 10.2 Å². The molecule has 0 atom stereocenters. The molecule has 0 aliphatic carbocycles. The number of hydrogen-bond donors (Lipinski definition) is 1. The topological polar surface area (TPSA) is 28.4 Å². The summed E-state index contributed by atoms with van der Waals surface area (Å²) in [5.41, 5.74) is 0. The molecular weight excluding hydrogens is 188 g/mol. The Bertz CT molecular complexity index is 265. The highest BCUT2D eigenvalue weighted by Crippen LogP contribution is 2.14. The molecule has 2 rings (SSSR count). The van der Waals surface area contributed by atoms with Crippen LogP contribution in [0.3, 0.4) is 0 Å². The number of furan rings is 1. The van der Waals surface area contributed by atoms with E-state index in [4.69, 9.17) is 4.42 Å². The zero-order valence-electron chi connectivity index (χ0n) is 9.41. The molecule has 84 valence electrons. The van der Waals surface area contributed by atoms with Crippen molar-refractivity contribution in [2.45, 2.75) is 19.4 Å². The molecule has 3 nitrogen and oxygen atoms in total. The van der Waals surface area contributed by atoms with Crippen LogP contribution in [0.25, 0.3) is 0 Å². The molecule has 0 aromatic carbocycles. The molecule has 0 spiro atoms. The molecule has 1 aromatic rings. The molecule has 1 N–H and O–H groups in total. The largest absolute Gasteiger partial charge is 0.468 e. The molecule has 1 aromatic heterocycles. The number of rotatable bonds is 4. The van der Waals surface area contributed by atoms with Crippen LogP contribution in [0, 0.1) is 5.92 Å². The summed E-state index contributed by atoms with van der Waals surface area (Å²) < 4.78 is 5.34. The predicted molar refractivity (Wildman–Crippen MR) is 60.6 cm³/mol. The molecule has 0 unspecified atom stereocenters. The second-order valence-corrected chi connectivity index (χ2v) is 4.47. The van der Waals surface area contributed by atoms with E-state index >= 15 is 0 Å². The van der Waals surface area contributed by atoms with Gasteiger partial charge >= 0.3 is 0 Å². The highest BCUT2D eigenvalue weighted by atomic mass is 16.3. The first-order valence-electron chi connectivity index (χ1n) is 5.76. The fraction of sp³-hybridized carbons (Fsp3) is 0.667. The Morgan fingerprint density at radius 1 is 1.47 bits per heavy atom. The highest BCUT2D eigenvalue weighted by Gasteiger charge is 2.15. The molecule has 1 saturated heterocycles. The maximum atomic E-state index is 5.34. The fourth-order valence-electron chi connectivity index (χ4n) is 2.24. The van der Waals surface area contributed by atoms with Gasteiger partial charge in [-0.05, 0) is 51.0 Å². The van der Waals surface area contributed by atoms with Crippen molar-refractivity contribution in [3.63, 3.8) is 0 Å². The third-order valence-electron chi connectivity index (χ3n) is 3.03. The third kappa shape index (κ3) is 3.36. The summed E-state index contributed by atoms with van der Waals surface area (Å²) >= 11 is 0. The normalized spacial score (nSPS) is 18.5. The Kier molecular flexibility index (Phi) is 3.80. The van der Waals surface area contributed by atoms with Crippen molar-refractivity contribution >= 4 is 0 Å². The first kappa shape index (κ1) is 10.7. The van der Waals surface area contributed by atoms with Gasteiger partial charge < -0.3 is 9.73 Å². The van der Waals surface area contributed by atoms with Crippen LogP contribution in [0.5, 0.6) is 0 Å². The number of nitrogens with one attached hydrogen (secondary N) is 1. The van der Waals surface area contributed by atoms with Gasteiger partial charge in [0, 0.05) is 6.54 Å². The maximum Gasteiger partial charge on any atom is 0.117 e. The summed E-state index contributed by atoms with van der Waals surface area (Å²) in [4.78, 5) is 2.36. The van der Waals surface area contributed by atoms with Gasteiger partial charge in [-0.15, -0.1) is 0 Å². The van der Waals surface area contributed by atoms with Gasteiger partial charge in [0.2, 0.25) is 0 Å². The maximum absolute atomic E-state index is 5.34. The van der Waals surface area contributed by atoms with Crippen molar-refractivity contribution in [1.29, 1.82) is 0 Å². The quantitative estimate of drug-likeness (QED) is 0.816. The van der Waals surface area contributed by atoms with Gasteiger partial charge in [0.15, 0.2) is 0 Å². The number of hydrogen-bond acceptors (Lipinski definition) is 3. The molecule has 1 aliphatic rings. The van der Waals surface area contributed by atoms with Crippen LogP contribution in [0.2, 0.25) is 0 Å². The van der Waals surface area contributed by atoms with E-state index < -0.39 is 0 Å². The molecule has 15 heavy (non-hydrogen) atoms. The van der Waals surface area contributed by atoms with E-state index in [2.05, 4.69) is 17.3 Å². The molecular formula is C12H20N2O. The average Bonchev–Trinajstić information content (AvgIpc) is 2.71. The summed E-state index contributed by atoms with van der Waals surface area (Å²) in [5, 5.41) is 3.40. The zero-order valence-corrected chi connectivity index (χ0v) is 9.41. The fourth-order valence-corrected chi connectivity index (χ4v) is 2.24. The number of nitrogens with zero attached hydrogens (tertiary/aromatic N) is 1. The zero-order chi connectivity index (χ0) is 10.5. The highest BCUT2D eigenvalue weighted by molar-refractivity contribution is 4.97. The lowest BCUT2D eigenvalue weighted by molar-refractivity contribution is 0.221. The summed E-state index contributed by atoms with van der Waals surface area (Å²) in [6.07, 6.45) is 4.36. The van der Waals surface area contributed by atoms with Gasteiger partial charge in [0.25, 0.3) is 0 Å². The van der Waals surface area contributed by atoms with Gasteiger partial charge in [-0.3, -0.25) is 4.90 Å². The SMILES string of the molecule is CN(Cc1ccco1)CC1CCNCC1. The minimum atomic E-state index is 0.853. The monoisotopic (exact) mass is 208 g/mol. The summed E-state index contributed by atoms with van der Waals surface area (Å²) in [6.45, 7) is 4.47. The Balaban J connectivity index is 1.74. The van der Waals surface area contributed by atoms with Gasteiger partial charge in [0.1, 0.15) is 5.76 Å². The van der Waals surface area contributed by atoms with Crippen LogP contribution in [-0.4, -0.2) is 31.6 Å². The number of piperidine rings is 1. The van der Waals surface area contributed by atoms with E-state index in [9.17, 15) is 0 Å². The second kappa shape index (κ2) is 5.33. The van der Waals surface area contributed by atoms with Crippen LogP contribution in [0.4, 0.5) is 0 Å². The van der Waals surface area contributed by atoms with Crippen molar-refractivity contribution in [3.05, 3.63) is 24.2 Å². The van der Waals surface area contributed by atoms with Crippen molar-refractivity contribution in [2.24, 2.45) is 5.92 Å². The molecule has 2 heterocycles. The van der Waals surface area contributed by atoms with E-state index in [0.717, 1.165) is 18.2 Å². The lowest BCUT2D eigenvalue weighted by Crippen LogP contribution is -2.34. The Morgan fingerprint density at radius 2 is 2.27 bits per heavy atom. The second-order valence-electron chi connectivity index (χ2n) is 4.47. The molecule has 0 radical (unpaired) electrons.